The molecule has 0 bridgehead atoms. The van der Waals surface area contributed by atoms with Crippen LogP contribution < -0.4 is 19.4 Å². The lowest BCUT2D eigenvalue weighted by Crippen LogP contribution is -2.41. The van der Waals surface area contributed by atoms with Gasteiger partial charge in [-0.1, -0.05) is 18.2 Å². The number of aliphatic imine (C=N–C) groups is 1. The number of halogens is 1. The lowest BCUT2D eigenvalue weighted by Gasteiger charge is -2.27. The molecule has 11 nitrogen and oxygen atoms in total. The van der Waals surface area contributed by atoms with Crippen LogP contribution in [0.25, 0.3) is 11.1 Å². The van der Waals surface area contributed by atoms with Gasteiger partial charge in [0.05, 0.1) is 14.2 Å². The second-order valence-electron chi connectivity index (χ2n) is 8.95. The molecule has 0 spiro atoms. The lowest BCUT2D eigenvalue weighted by molar-refractivity contribution is -0.129. The molecule has 0 saturated carbocycles. The van der Waals surface area contributed by atoms with E-state index in [0.29, 0.717) is 5.56 Å². The van der Waals surface area contributed by atoms with Crippen molar-refractivity contribution < 1.29 is 31.3 Å². The molecule has 0 radical (unpaired) electrons. The normalized spacial score (nSPS) is 16.8. The number of likely N-dealkylation sites (N-methyl/N-ethyl adjacent to an activating group) is 1. The Hall–Kier alpha value is -5.04. The summed E-state index contributed by atoms with van der Waals surface area (Å²) in [6, 6.07) is 14.2. The van der Waals surface area contributed by atoms with E-state index in [1.54, 1.807) is 12.1 Å². The van der Waals surface area contributed by atoms with Crippen molar-refractivity contribution in [2.75, 3.05) is 21.3 Å². The number of aromatic nitrogens is 2. The van der Waals surface area contributed by atoms with Gasteiger partial charge < -0.3 is 19.4 Å². The molecule has 2 N–H and O–H groups in total. The molecule has 210 valence electrons. The van der Waals surface area contributed by atoms with Crippen LogP contribution in [0.2, 0.25) is 0 Å². The summed E-state index contributed by atoms with van der Waals surface area (Å²) in [6.07, 6.45) is 4.19. The molecule has 4 aromatic rings. The number of nitrogens with two attached hydrogens (primary N) is 1. The number of nitrogens with zero attached hydrogens (tertiary/aromatic N) is 4. The largest absolute Gasteiger partial charge is 0.497 e. The van der Waals surface area contributed by atoms with Crippen LogP contribution in [0.5, 0.6) is 17.2 Å². The topological polar surface area (TPSA) is 146 Å². The molecule has 2 heterocycles. The fourth-order valence-corrected chi connectivity index (χ4v) is 5.62. The quantitative estimate of drug-likeness (QED) is 0.312. The molecular weight excluding hydrogens is 553 g/mol. The first-order chi connectivity index (χ1) is 19.6. The van der Waals surface area contributed by atoms with Crippen molar-refractivity contribution >= 4 is 22.0 Å². The van der Waals surface area contributed by atoms with Crippen LogP contribution in [0, 0.1) is 5.82 Å². The summed E-state index contributed by atoms with van der Waals surface area (Å²) >= 11 is 0. The molecule has 1 aliphatic heterocycles. The van der Waals surface area contributed by atoms with Crippen molar-refractivity contribution in [3.63, 3.8) is 0 Å². The highest BCUT2D eigenvalue weighted by atomic mass is 32.2. The molecule has 1 atom stereocenters. The summed E-state index contributed by atoms with van der Waals surface area (Å²) in [5.41, 5.74) is 5.35. The molecule has 13 heteroatoms. The molecule has 0 fully saturated rings. The number of rotatable bonds is 8. The Morgan fingerprint density at radius 1 is 0.927 bits per heavy atom. The molecule has 1 aromatic heterocycles. The molecule has 1 amide bonds. The highest BCUT2D eigenvalue weighted by molar-refractivity contribution is 7.87. The third kappa shape index (κ3) is 4.80. The number of hydrogen-bond acceptors (Lipinski definition) is 10. The van der Waals surface area contributed by atoms with E-state index in [0.717, 1.165) is 0 Å². The number of guanidine groups is 1. The van der Waals surface area contributed by atoms with Crippen molar-refractivity contribution in [2.45, 2.75) is 10.4 Å². The van der Waals surface area contributed by atoms with Gasteiger partial charge in [0, 0.05) is 36.6 Å². The number of ether oxygens (including phenoxy) is 2. The summed E-state index contributed by atoms with van der Waals surface area (Å²) in [6.45, 7) is 0. The Bertz CT molecular complexity index is 1780. The molecule has 41 heavy (non-hydrogen) atoms. The first kappa shape index (κ1) is 27.5. The van der Waals surface area contributed by atoms with E-state index in [2.05, 4.69) is 15.0 Å². The highest BCUT2D eigenvalue weighted by Gasteiger charge is 2.50. The molecule has 0 saturated heterocycles. The van der Waals surface area contributed by atoms with E-state index < -0.39 is 27.4 Å². The number of carbonyl (C=O) groups excluding carboxylic acids is 1. The van der Waals surface area contributed by atoms with Crippen LogP contribution >= 0.6 is 0 Å². The van der Waals surface area contributed by atoms with Gasteiger partial charge in [-0.05, 0) is 47.5 Å². The van der Waals surface area contributed by atoms with E-state index >= 15 is 0 Å². The smallest absolute Gasteiger partial charge is 0.343 e. The number of methoxy groups -OCH3 is 2. The van der Waals surface area contributed by atoms with Crippen molar-refractivity contribution in [1.82, 2.24) is 14.9 Å². The number of benzene rings is 3. The van der Waals surface area contributed by atoms with Gasteiger partial charge in [-0.3, -0.25) is 9.69 Å². The Balaban J connectivity index is 1.63. The minimum Gasteiger partial charge on any atom is -0.497 e. The van der Waals surface area contributed by atoms with E-state index in [1.165, 1.54) is 93.4 Å². The van der Waals surface area contributed by atoms with Crippen LogP contribution in [0.3, 0.4) is 0 Å². The Labute approximate surface area is 235 Å². The van der Waals surface area contributed by atoms with Crippen molar-refractivity contribution in [1.29, 1.82) is 0 Å². The maximum atomic E-state index is 14.9. The maximum absolute atomic E-state index is 14.9. The Morgan fingerprint density at radius 3 is 2.32 bits per heavy atom. The zero-order valence-corrected chi connectivity index (χ0v) is 22.9. The summed E-state index contributed by atoms with van der Waals surface area (Å²) in [5.74, 6) is -0.963. The summed E-state index contributed by atoms with van der Waals surface area (Å²) in [5, 5.41) is 0. The van der Waals surface area contributed by atoms with E-state index in [4.69, 9.17) is 19.4 Å². The predicted octanol–water partition coefficient (Wildman–Crippen LogP) is 3.10. The van der Waals surface area contributed by atoms with Crippen LogP contribution in [0.1, 0.15) is 11.1 Å². The standard InChI is InChI=1S/C28H24FN5O6S/c1-34-26(35)28(33-27(34)30,19-7-9-23(29)22(12-19)17-14-31-16-32-15-17)18-5-4-6-21(11-18)40-41(36,37)25-13-20(38-2)8-10-24(25)39-3/h4-16H,1-3H3,(H2,30,33). The molecular formula is C28H24FN5O6S. The Morgan fingerprint density at radius 2 is 1.66 bits per heavy atom. The van der Waals surface area contributed by atoms with Crippen LogP contribution in [-0.4, -0.2) is 56.4 Å². The third-order valence-corrected chi connectivity index (χ3v) is 7.86. The first-order valence-corrected chi connectivity index (χ1v) is 13.5. The Kier molecular flexibility index (Phi) is 7.05. The highest BCUT2D eigenvalue weighted by Crippen LogP contribution is 2.42. The number of hydrogen-bond donors (Lipinski definition) is 1. The fourth-order valence-electron chi connectivity index (χ4n) is 4.52. The SMILES string of the molecule is COc1ccc(OC)c(S(=O)(=O)Oc2cccc(C3(c4ccc(F)c(-c5cncnc5)c4)N=C(N)N(C)C3=O)c2)c1. The van der Waals surface area contributed by atoms with Crippen LogP contribution in [-0.2, 0) is 20.5 Å². The van der Waals surface area contributed by atoms with Crippen LogP contribution in [0.15, 0.2) is 89.3 Å². The molecule has 0 aliphatic carbocycles. The van der Waals surface area contributed by atoms with Gasteiger partial charge in [-0.2, -0.15) is 8.42 Å². The average Bonchev–Trinajstić information content (AvgIpc) is 3.22. The van der Waals surface area contributed by atoms with Crippen molar-refractivity contribution in [2.24, 2.45) is 10.7 Å². The minimum atomic E-state index is -4.42. The van der Waals surface area contributed by atoms with Gasteiger partial charge in [0.1, 0.15) is 29.4 Å². The zero-order valence-electron chi connectivity index (χ0n) is 22.1. The summed E-state index contributed by atoms with van der Waals surface area (Å²) in [4.78, 5) is 27.1. The summed E-state index contributed by atoms with van der Waals surface area (Å²) < 4.78 is 57.4. The summed E-state index contributed by atoms with van der Waals surface area (Å²) in [7, 11) is -0.238. The van der Waals surface area contributed by atoms with Gasteiger partial charge in [-0.15, -0.1) is 0 Å². The zero-order chi connectivity index (χ0) is 29.4. The third-order valence-electron chi connectivity index (χ3n) is 6.59. The average molecular weight is 578 g/mol. The molecule has 1 aliphatic rings. The minimum absolute atomic E-state index is 0.0483. The number of amides is 1. The monoisotopic (exact) mass is 577 g/mol. The molecule has 5 rings (SSSR count). The van der Waals surface area contributed by atoms with Crippen LogP contribution in [0.4, 0.5) is 4.39 Å². The van der Waals surface area contributed by atoms with Gasteiger partial charge in [0.25, 0.3) is 5.91 Å². The predicted molar refractivity (Wildman–Crippen MR) is 146 cm³/mol. The second-order valence-corrected chi connectivity index (χ2v) is 10.5. The second kappa shape index (κ2) is 10.5. The molecule has 1 unspecified atom stereocenters. The van der Waals surface area contributed by atoms with E-state index in [1.807, 2.05) is 0 Å². The van der Waals surface area contributed by atoms with Gasteiger partial charge in [0.15, 0.2) is 16.4 Å². The van der Waals surface area contributed by atoms with Gasteiger partial charge in [-0.25, -0.2) is 19.4 Å². The fraction of sp³-hybridized carbons (Fsp3) is 0.143. The lowest BCUT2D eigenvalue weighted by atomic mass is 9.81. The van der Waals surface area contributed by atoms with Crippen molar-refractivity contribution in [3.05, 3.63) is 96.3 Å². The van der Waals surface area contributed by atoms with E-state index in [9.17, 15) is 17.6 Å². The number of carbonyl (C=O) groups is 1. The van der Waals surface area contributed by atoms with E-state index in [-0.39, 0.29) is 44.8 Å². The first-order valence-electron chi connectivity index (χ1n) is 12.1. The molecule has 3 aromatic carbocycles. The van der Waals surface area contributed by atoms with Gasteiger partial charge >= 0.3 is 10.1 Å². The van der Waals surface area contributed by atoms with Gasteiger partial charge in [0.2, 0.25) is 0 Å². The maximum Gasteiger partial charge on any atom is 0.343 e. The van der Waals surface area contributed by atoms with Crippen molar-refractivity contribution in [3.8, 4) is 28.4 Å².